The molecule has 15 heavy (non-hydrogen) atoms. The van der Waals surface area contributed by atoms with Gasteiger partial charge in [-0.15, -0.1) is 0 Å². The number of aryl methyl sites for hydroxylation is 1. The normalized spacial score (nSPS) is 15.4. The zero-order chi connectivity index (χ0) is 10.8. The monoisotopic (exact) mass is 225 g/mol. The highest BCUT2D eigenvalue weighted by atomic mass is 35.5. The number of nitrogens with zero attached hydrogens (tertiary/aromatic N) is 3. The molecule has 82 valence electrons. The average Bonchev–Trinajstić information content (AvgIpc) is 3.02. The fourth-order valence-electron chi connectivity index (χ4n) is 1.79. The van der Waals surface area contributed by atoms with Crippen molar-refractivity contribution in [2.24, 2.45) is 0 Å². The van der Waals surface area contributed by atoms with Crippen LogP contribution in [0.1, 0.15) is 31.7 Å². The minimum absolute atomic E-state index is 0.345. The molecule has 0 saturated heterocycles. The summed E-state index contributed by atoms with van der Waals surface area (Å²) in [6, 6.07) is 0.676. The van der Waals surface area contributed by atoms with Crippen LogP contribution in [0.15, 0.2) is 6.20 Å². The van der Waals surface area contributed by atoms with Crippen molar-refractivity contribution < 1.29 is 0 Å². The third-order valence-electron chi connectivity index (χ3n) is 2.64. The molecule has 1 aromatic rings. The Kier molecular flexibility index (Phi) is 3.10. The van der Waals surface area contributed by atoms with Gasteiger partial charge in [-0.1, -0.05) is 6.92 Å². The van der Waals surface area contributed by atoms with E-state index in [4.69, 9.17) is 11.6 Å². The molecule has 1 saturated carbocycles. The Balaban J connectivity index is 2.27. The van der Waals surface area contributed by atoms with Crippen molar-refractivity contribution in [2.45, 2.75) is 39.2 Å². The van der Waals surface area contributed by atoms with Gasteiger partial charge < -0.3 is 4.90 Å². The first-order chi connectivity index (χ1) is 7.22. The third-order valence-corrected chi connectivity index (χ3v) is 2.82. The van der Waals surface area contributed by atoms with E-state index in [2.05, 4.69) is 21.8 Å². The van der Waals surface area contributed by atoms with Crippen molar-refractivity contribution in [3.8, 4) is 0 Å². The maximum absolute atomic E-state index is 5.84. The molecule has 1 aliphatic carbocycles. The van der Waals surface area contributed by atoms with Crippen molar-refractivity contribution in [1.82, 2.24) is 9.97 Å². The Morgan fingerprint density at radius 2 is 2.27 bits per heavy atom. The summed E-state index contributed by atoms with van der Waals surface area (Å²) in [5.74, 6) is 1.01. The van der Waals surface area contributed by atoms with E-state index in [0.29, 0.717) is 11.3 Å². The molecule has 2 rings (SSSR count). The molecule has 0 amide bonds. The Morgan fingerprint density at radius 1 is 1.53 bits per heavy atom. The lowest BCUT2D eigenvalue weighted by Crippen LogP contribution is -2.28. The summed E-state index contributed by atoms with van der Waals surface area (Å²) in [6.45, 7) is 5.28. The highest BCUT2D eigenvalue weighted by molar-refractivity contribution is 6.28. The quantitative estimate of drug-likeness (QED) is 0.738. The van der Waals surface area contributed by atoms with Crippen LogP contribution in [0.4, 0.5) is 5.82 Å². The van der Waals surface area contributed by atoms with Crippen LogP contribution in [-0.2, 0) is 0 Å². The van der Waals surface area contributed by atoms with Crippen LogP contribution in [-0.4, -0.2) is 22.6 Å². The number of aromatic nitrogens is 2. The molecule has 0 N–H and O–H groups in total. The number of hydrogen-bond acceptors (Lipinski definition) is 3. The number of halogens is 1. The van der Waals surface area contributed by atoms with Gasteiger partial charge in [0, 0.05) is 24.3 Å². The van der Waals surface area contributed by atoms with Gasteiger partial charge in [0.25, 0.3) is 0 Å². The van der Waals surface area contributed by atoms with Crippen molar-refractivity contribution in [2.75, 3.05) is 11.4 Å². The van der Waals surface area contributed by atoms with E-state index in [1.54, 1.807) is 6.20 Å². The topological polar surface area (TPSA) is 29.0 Å². The molecule has 0 spiro atoms. The van der Waals surface area contributed by atoms with Crippen LogP contribution in [0.2, 0.25) is 5.28 Å². The van der Waals surface area contributed by atoms with Crippen LogP contribution < -0.4 is 4.90 Å². The summed E-state index contributed by atoms with van der Waals surface area (Å²) in [4.78, 5) is 10.7. The molecule has 1 aromatic heterocycles. The summed E-state index contributed by atoms with van der Waals surface area (Å²) in [6.07, 6.45) is 5.50. The van der Waals surface area contributed by atoms with Crippen molar-refractivity contribution >= 4 is 17.4 Å². The summed E-state index contributed by atoms with van der Waals surface area (Å²) in [7, 11) is 0. The van der Waals surface area contributed by atoms with Crippen LogP contribution >= 0.6 is 11.6 Å². The summed E-state index contributed by atoms with van der Waals surface area (Å²) >= 11 is 5.84. The summed E-state index contributed by atoms with van der Waals surface area (Å²) in [5, 5.41) is 0.345. The van der Waals surface area contributed by atoms with Crippen LogP contribution in [0, 0.1) is 6.92 Å². The van der Waals surface area contributed by atoms with Crippen LogP contribution in [0.3, 0.4) is 0 Å². The lowest BCUT2D eigenvalue weighted by molar-refractivity contribution is 0.745. The van der Waals surface area contributed by atoms with Gasteiger partial charge in [0.05, 0.1) is 0 Å². The average molecular weight is 226 g/mol. The number of hydrogen-bond donors (Lipinski definition) is 0. The van der Waals surface area contributed by atoms with Crippen molar-refractivity contribution in [3.05, 3.63) is 17.0 Å². The largest absolute Gasteiger partial charge is 0.353 e. The zero-order valence-corrected chi connectivity index (χ0v) is 9.96. The molecule has 0 atom stereocenters. The second-order valence-electron chi connectivity index (χ2n) is 4.07. The molecule has 4 heteroatoms. The van der Waals surface area contributed by atoms with E-state index in [1.165, 1.54) is 12.8 Å². The Hall–Kier alpha value is -0.830. The predicted molar refractivity (Wildman–Crippen MR) is 62.4 cm³/mol. The van der Waals surface area contributed by atoms with E-state index in [9.17, 15) is 0 Å². The van der Waals surface area contributed by atoms with Crippen molar-refractivity contribution in [3.63, 3.8) is 0 Å². The minimum atomic E-state index is 0.345. The molecule has 1 aliphatic rings. The smallest absolute Gasteiger partial charge is 0.224 e. The second-order valence-corrected chi connectivity index (χ2v) is 4.41. The van der Waals surface area contributed by atoms with Gasteiger partial charge in [0.2, 0.25) is 5.28 Å². The molecule has 1 fully saturated rings. The minimum Gasteiger partial charge on any atom is -0.353 e. The van der Waals surface area contributed by atoms with Gasteiger partial charge in [-0.05, 0) is 37.8 Å². The van der Waals surface area contributed by atoms with E-state index >= 15 is 0 Å². The summed E-state index contributed by atoms with van der Waals surface area (Å²) < 4.78 is 0. The lowest BCUT2D eigenvalue weighted by atomic mass is 10.3. The second kappa shape index (κ2) is 4.35. The fourth-order valence-corrected chi connectivity index (χ4v) is 1.92. The first-order valence-electron chi connectivity index (χ1n) is 5.48. The van der Waals surface area contributed by atoms with Crippen molar-refractivity contribution in [1.29, 1.82) is 0 Å². The molecule has 0 unspecified atom stereocenters. The maximum atomic E-state index is 5.84. The molecule has 3 nitrogen and oxygen atoms in total. The van der Waals surface area contributed by atoms with Gasteiger partial charge in [0.1, 0.15) is 5.82 Å². The predicted octanol–water partition coefficient (Wildman–Crippen LogP) is 2.82. The van der Waals surface area contributed by atoms with E-state index in [0.717, 1.165) is 24.3 Å². The molecule has 0 aliphatic heterocycles. The third kappa shape index (κ3) is 2.40. The fraction of sp³-hybridized carbons (Fsp3) is 0.636. The van der Waals surface area contributed by atoms with E-state index in [1.807, 2.05) is 6.92 Å². The van der Waals surface area contributed by atoms with Gasteiger partial charge in [0.15, 0.2) is 0 Å². The summed E-state index contributed by atoms with van der Waals surface area (Å²) in [5.41, 5.74) is 1.11. The number of anilines is 1. The van der Waals surface area contributed by atoms with Gasteiger partial charge in [-0.3, -0.25) is 0 Å². The van der Waals surface area contributed by atoms with E-state index < -0.39 is 0 Å². The first kappa shape index (κ1) is 10.7. The Bertz CT molecular complexity index is 350. The maximum Gasteiger partial charge on any atom is 0.224 e. The number of rotatable bonds is 4. The Labute approximate surface area is 95.5 Å². The lowest BCUT2D eigenvalue weighted by Gasteiger charge is -2.24. The Morgan fingerprint density at radius 3 is 2.87 bits per heavy atom. The van der Waals surface area contributed by atoms with Crippen LogP contribution in [0.25, 0.3) is 0 Å². The molecule has 0 radical (unpaired) electrons. The molecule has 1 heterocycles. The highest BCUT2D eigenvalue weighted by Crippen LogP contribution is 2.32. The van der Waals surface area contributed by atoms with Gasteiger partial charge in [-0.25, -0.2) is 9.97 Å². The molecular formula is C11H16ClN3. The van der Waals surface area contributed by atoms with Gasteiger partial charge >= 0.3 is 0 Å². The molecule has 0 aromatic carbocycles. The standard InChI is InChI=1S/C11H16ClN3/c1-3-6-15(9-4-5-9)10-8(2)7-13-11(12)14-10/h7,9H,3-6H2,1-2H3. The van der Waals surface area contributed by atoms with E-state index in [-0.39, 0.29) is 0 Å². The molecule has 0 bridgehead atoms. The van der Waals surface area contributed by atoms with Gasteiger partial charge in [-0.2, -0.15) is 0 Å². The molecular weight excluding hydrogens is 210 g/mol. The zero-order valence-electron chi connectivity index (χ0n) is 9.20. The van der Waals surface area contributed by atoms with Crippen LogP contribution in [0.5, 0.6) is 0 Å². The highest BCUT2D eigenvalue weighted by Gasteiger charge is 2.30. The SMILES string of the molecule is CCCN(c1nc(Cl)ncc1C)C1CC1. The first-order valence-corrected chi connectivity index (χ1v) is 5.86.